The van der Waals surface area contributed by atoms with Crippen molar-refractivity contribution < 1.29 is 14.3 Å². The van der Waals surface area contributed by atoms with E-state index >= 15 is 0 Å². The van der Waals surface area contributed by atoms with Gasteiger partial charge in [0.1, 0.15) is 6.17 Å². The number of fused-ring (bicyclic) bond motifs is 1. The predicted molar refractivity (Wildman–Crippen MR) is 98.6 cm³/mol. The highest BCUT2D eigenvalue weighted by molar-refractivity contribution is 6.31. The topological polar surface area (TPSA) is 59.6 Å². The summed E-state index contributed by atoms with van der Waals surface area (Å²) >= 11 is 5.97. The molecule has 1 heterocycles. The Morgan fingerprint density at radius 3 is 2.64 bits per heavy atom. The van der Waals surface area contributed by atoms with Gasteiger partial charge in [0.15, 0.2) is 11.5 Å². The van der Waals surface area contributed by atoms with Gasteiger partial charge in [-0.3, -0.25) is 4.79 Å². The van der Waals surface area contributed by atoms with E-state index in [1.165, 1.54) is 0 Å². The minimum atomic E-state index is -0.353. The number of carbonyl (C=O) groups is 1. The van der Waals surface area contributed by atoms with Crippen LogP contribution in [0.5, 0.6) is 11.5 Å². The number of hydrogen-bond acceptors (Lipinski definition) is 4. The fourth-order valence-corrected chi connectivity index (χ4v) is 2.81. The lowest BCUT2D eigenvalue weighted by Gasteiger charge is -2.28. The number of hydrogen-bond donors (Lipinski definition) is 2. The number of amides is 1. The Hall–Kier alpha value is -2.40. The Balaban J connectivity index is 1.85. The number of nitrogens with one attached hydrogen (secondary N) is 2. The summed E-state index contributed by atoms with van der Waals surface area (Å²) < 4.78 is 11.2. The van der Waals surface area contributed by atoms with E-state index in [2.05, 4.69) is 24.5 Å². The molecule has 0 saturated heterocycles. The van der Waals surface area contributed by atoms with Crippen LogP contribution in [0, 0.1) is 5.92 Å². The van der Waals surface area contributed by atoms with E-state index in [4.69, 9.17) is 21.1 Å². The van der Waals surface area contributed by atoms with Gasteiger partial charge in [0.05, 0.1) is 19.3 Å². The second kappa shape index (κ2) is 7.23. The molecule has 3 rings (SSSR count). The second-order valence-electron chi connectivity index (χ2n) is 6.36. The Kier molecular flexibility index (Phi) is 5.04. The zero-order valence-electron chi connectivity index (χ0n) is 14.4. The van der Waals surface area contributed by atoms with E-state index < -0.39 is 0 Å². The van der Waals surface area contributed by atoms with Crippen LogP contribution in [0.25, 0.3) is 0 Å². The summed E-state index contributed by atoms with van der Waals surface area (Å²) in [5.41, 5.74) is 2.16. The summed E-state index contributed by atoms with van der Waals surface area (Å²) in [5, 5.41) is 6.77. The van der Waals surface area contributed by atoms with E-state index in [9.17, 15) is 4.79 Å². The quantitative estimate of drug-likeness (QED) is 0.837. The molecule has 0 radical (unpaired) electrons. The monoisotopic (exact) mass is 360 g/mol. The van der Waals surface area contributed by atoms with E-state index in [0.29, 0.717) is 34.6 Å². The van der Waals surface area contributed by atoms with Crippen LogP contribution >= 0.6 is 11.6 Å². The highest BCUT2D eigenvalue weighted by atomic mass is 35.5. The van der Waals surface area contributed by atoms with Crippen molar-refractivity contribution in [2.75, 3.05) is 19.0 Å². The summed E-state index contributed by atoms with van der Waals surface area (Å²) in [6, 6.07) is 10.9. The maximum Gasteiger partial charge on any atom is 0.255 e. The molecule has 2 N–H and O–H groups in total. The van der Waals surface area contributed by atoms with Gasteiger partial charge >= 0.3 is 0 Å². The molecule has 25 heavy (non-hydrogen) atoms. The number of methoxy groups -OCH3 is 1. The molecule has 1 aliphatic heterocycles. The minimum Gasteiger partial charge on any atom is -0.493 e. The number of halogens is 1. The molecule has 1 unspecified atom stereocenters. The highest BCUT2D eigenvalue weighted by Crippen LogP contribution is 2.33. The average molecular weight is 361 g/mol. The Bertz CT molecular complexity index is 792. The summed E-state index contributed by atoms with van der Waals surface area (Å²) in [5.74, 6) is 1.58. The van der Waals surface area contributed by atoms with Crippen LogP contribution in [0.4, 0.5) is 5.69 Å². The summed E-state index contributed by atoms with van der Waals surface area (Å²) in [6.07, 6.45) is -0.353. The van der Waals surface area contributed by atoms with Gasteiger partial charge in [0.25, 0.3) is 5.91 Å². The maximum atomic E-state index is 12.4. The van der Waals surface area contributed by atoms with Crippen molar-refractivity contribution in [2.24, 2.45) is 5.92 Å². The molecular weight excluding hydrogens is 340 g/mol. The summed E-state index contributed by atoms with van der Waals surface area (Å²) in [4.78, 5) is 12.4. The maximum absolute atomic E-state index is 12.4. The van der Waals surface area contributed by atoms with Crippen molar-refractivity contribution in [3.63, 3.8) is 0 Å². The molecule has 2 aromatic carbocycles. The highest BCUT2D eigenvalue weighted by Gasteiger charge is 2.25. The van der Waals surface area contributed by atoms with Crippen LogP contribution in [0.3, 0.4) is 0 Å². The van der Waals surface area contributed by atoms with Gasteiger partial charge in [0.2, 0.25) is 0 Å². The number of anilines is 1. The fourth-order valence-electron chi connectivity index (χ4n) is 2.64. The van der Waals surface area contributed by atoms with Gasteiger partial charge in [-0.05, 0) is 41.8 Å². The second-order valence-corrected chi connectivity index (χ2v) is 6.79. The lowest BCUT2D eigenvalue weighted by Crippen LogP contribution is -2.38. The third-order valence-electron chi connectivity index (χ3n) is 3.89. The zero-order valence-corrected chi connectivity index (χ0v) is 15.2. The summed E-state index contributed by atoms with van der Waals surface area (Å²) in [7, 11) is 1.60. The minimum absolute atomic E-state index is 0.166. The first-order valence-corrected chi connectivity index (χ1v) is 8.53. The van der Waals surface area contributed by atoms with Crippen molar-refractivity contribution in [2.45, 2.75) is 20.0 Å². The van der Waals surface area contributed by atoms with Gasteiger partial charge in [-0.1, -0.05) is 31.5 Å². The Labute approximate surface area is 152 Å². The van der Waals surface area contributed by atoms with Crippen LogP contribution in [0.15, 0.2) is 36.4 Å². The third kappa shape index (κ3) is 3.82. The van der Waals surface area contributed by atoms with Crippen molar-refractivity contribution >= 4 is 23.2 Å². The van der Waals surface area contributed by atoms with E-state index in [-0.39, 0.29) is 12.1 Å². The number of benzene rings is 2. The van der Waals surface area contributed by atoms with Crippen LogP contribution in [0.2, 0.25) is 5.02 Å². The molecule has 0 fully saturated rings. The third-order valence-corrected chi connectivity index (χ3v) is 4.13. The van der Waals surface area contributed by atoms with Gasteiger partial charge < -0.3 is 20.1 Å². The summed E-state index contributed by atoms with van der Waals surface area (Å²) in [6.45, 7) is 4.79. The lowest BCUT2D eigenvalue weighted by atomic mass is 10.1. The Morgan fingerprint density at radius 1 is 1.12 bits per heavy atom. The van der Waals surface area contributed by atoms with Crippen molar-refractivity contribution in [1.29, 1.82) is 0 Å². The molecule has 132 valence electrons. The molecule has 5 nitrogen and oxygen atoms in total. The first-order valence-electron chi connectivity index (χ1n) is 8.15. The van der Waals surface area contributed by atoms with Gasteiger partial charge in [0, 0.05) is 10.7 Å². The van der Waals surface area contributed by atoms with Crippen LogP contribution in [-0.4, -0.2) is 19.6 Å². The van der Waals surface area contributed by atoms with Crippen LogP contribution < -0.4 is 20.1 Å². The van der Waals surface area contributed by atoms with Crippen LogP contribution in [-0.2, 0) is 0 Å². The molecule has 6 heteroatoms. The Morgan fingerprint density at radius 2 is 1.92 bits per heavy atom. The molecular formula is C19H21ClN2O3. The van der Waals surface area contributed by atoms with Crippen LogP contribution in [0.1, 0.15) is 35.9 Å². The first kappa shape index (κ1) is 17.4. The molecule has 0 saturated carbocycles. The zero-order chi connectivity index (χ0) is 18.0. The number of ether oxygens (including phenoxy) is 2. The molecule has 0 aromatic heterocycles. The first-order chi connectivity index (χ1) is 12.0. The smallest absolute Gasteiger partial charge is 0.255 e. The van der Waals surface area contributed by atoms with Crippen molar-refractivity contribution in [3.05, 3.63) is 52.5 Å². The molecule has 0 spiro atoms. The molecule has 0 aliphatic carbocycles. The normalized spacial score (nSPS) is 16.0. The number of carbonyl (C=O) groups excluding carboxylic acids is 1. The predicted octanol–water partition coefficient (Wildman–Crippen LogP) is 4.24. The van der Waals surface area contributed by atoms with E-state index in [1.54, 1.807) is 25.3 Å². The van der Waals surface area contributed by atoms with Gasteiger partial charge in [-0.25, -0.2) is 0 Å². The number of rotatable bonds is 5. The average Bonchev–Trinajstić information content (AvgIpc) is 2.60. The van der Waals surface area contributed by atoms with Crippen molar-refractivity contribution in [3.8, 4) is 11.5 Å². The lowest BCUT2D eigenvalue weighted by molar-refractivity contribution is 0.0935. The SMILES string of the molecule is COc1cc(C2NC(=O)c3cc(Cl)ccc3N2)ccc1OCC(C)C. The standard InChI is InChI=1S/C19H21ClN2O3/c1-11(2)10-25-16-7-4-12(8-17(16)24-3)18-21-15-6-5-13(20)9-14(15)19(23)22-18/h4-9,11,18,21H,10H2,1-3H3,(H,22,23). The van der Waals surface area contributed by atoms with Gasteiger partial charge in [-0.2, -0.15) is 0 Å². The van der Waals surface area contributed by atoms with E-state index in [1.807, 2.05) is 18.2 Å². The largest absolute Gasteiger partial charge is 0.493 e. The van der Waals surface area contributed by atoms with Crippen molar-refractivity contribution in [1.82, 2.24) is 5.32 Å². The van der Waals surface area contributed by atoms with Gasteiger partial charge in [-0.15, -0.1) is 0 Å². The molecule has 2 aromatic rings. The van der Waals surface area contributed by atoms with E-state index in [0.717, 1.165) is 11.3 Å². The fraction of sp³-hybridized carbons (Fsp3) is 0.316. The molecule has 1 atom stereocenters. The molecule has 1 aliphatic rings. The molecule has 1 amide bonds. The molecule has 0 bridgehead atoms.